The van der Waals surface area contributed by atoms with Crippen molar-refractivity contribution in [1.82, 2.24) is 0 Å². The Bertz CT molecular complexity index is 190. The van der Waals surface area contributed by atoms with Crippen LogP contribution < -0.4 is 0 Å². The van der Waals surface area contributed by atoms with Gasteiger partial charge in [-0.1, -0.05) is 13.3 Å². The maximum absolute atomic E-state index is 10.9. The lowest BCUT2D eigenvalue weighted by atomic mass is 10.3. The predicted molar refractivity (Wildman–Crippen MR) is 61.3 cm³/mol. The van der Waals surface area contributed by atoms with E-state index < -0.39 is 0 Å². The molecule has 0 radical (unpaired) electrons. The standard InChI is InChI=1S/C9H16O4.C2H6O2/c1-3-4-7-13-9(11)6-5-8(10)12-2;3-1-2-4/h3-7H2,1-2H3;3-4H,1-2H2. The van der Waals surface area contributed by atoms with Crippen LogP contribution in [0.5, 0.6) is 0 Å². The van der Waals surface area contributed by atoms with Gasteiger partial charge in [-0.15, -0.1) is 0 Å². The van der Waals surface area contributed by atoms with Crippen LogP contribution in [-0.4, -0.2) is 49.1 Å². The maximum Gasteiger partial charge on any atom is 0.306 e. The minimum Gasteiger partial charge on any atom is -0.469 e. The molecule has 0 aromatic heterocycles. The summed E-state index contributed by atoms with van der Waals surface area (Å²) in [6, 6.07) is 0. The van der Waals surface area contributed by atoms with Gasteiger partial charge in [-0.2, -0.15) is 0 Å². The number of rotatable bonds is 7. The lowest BCUT2D eigenvalue weighted by Gasteiger charge is -2.02. The van der Waals surface area contributed by atoms with Gasteiger partial charge in [0.15, 0.2) is 0 Å². The average Bonchev–Trinajstić information content (AvgIpc) is 2.36. The number of unbranched alkanes of at least 4 members (excludes halogenated alkanes) is 1. The summed E-state index contributed by atoms with van der Waals surface area (Å²) in [5.74, 6) is -0.716. The summed E-state index contributed by atoms with van der Waals surface area (Å²) in [7, 11) is 1.30. The van der Waals surface area contributed by atoms with Crippen LogP contribution in [0.25, 0.3) is 0 Å². The van der Waals surface area contributed by atoms with Gasteiger partial charge in [-0.3, -0.25) is 9.59 Å². The van der Waals surface area contributed by atoms with Crippen LogP contribution in [0.4, 0.5) is 0 Å². The van der Waals surface area contributed by atoms with Gasteiger partial charge in [0, 0.05) is 0 Å². The molecule has 0 aliphatic rings. The lowest BCUT2D eigenvalue weighted by Crippen LogP contribution is -2.09. The number of ether oxygens (including phenoxy) is 2. The largest absolute Gasteiger partial charge is 0.469 e. The third kappa shape index (κ3) is 17.5. The van der Waals surface area contributed by atoms with Crippen LogP contribution in [0, 0.1) is 0 Å². The number of carbonyl (C=O) groups excluding carboxylic acids is 2. The van der Waals surface area contributed by atoms with Crippen LogP contribution in [0.2, 0.25) is 0 Å². The van der Waals surface area contributed by atoms with E-state index in [0.717, 1.165) is 12.8 Å². The van der Waals surface area contributed by atoms with E-state index in [1.165, 1.54) is 7.11 Å². The fourth-order valence-corrected chi connectivity index (χ4v) is 0.709. The third-order valence-corrected chi connectivity index (χ3v) is 1.62. The highest BCUT2D eigenvalue weighted by Gasteiger charge is 2.06. The maximum atomic E-state index is 10.9. The average molecular weight is 250 g/mol. The molecule has 17 heavy (non-hydrogen) atoms. The molecular formula is C11H22O6. The van der Waals surface area contributed by atoms with E-state index in [2.05, 4.69) is 4.74 Å². The van der Waals surface area contributed by atoms with Crippen LogP contribution in [0.15, 0.2) is 0 Å². The first-order valence-corrected chi connectivity index (χ1v) is 5.56. The second-order valence-electron chi connectivity index (χ2n) is 3.10. The SMILES string of the molecule is CCCCOC(=O)CCC(=O)OC.OCCO. The quantitative estimate of drug-likeness (QED) is 0.497. The predicted octanol–water partition coefficient (Wildman–Crippen LogP) is 0.254. The highest BCUT2D eigenvalue weighted by atomic mass is 16.5. The van der Waals surface area contributed by atoms with Gasteiger partial charge in [0.05, 0.1) is 39.8 Å². The molecule has 0 atom stereocenters. The minimum absolute atomic E-state index is 0.0987. The molecule has 0 aromatic rings. The Hall–Kier alpha value is -1.14. The monoisotopic (exact) mass is 250 g/mol. The molecule has 0 heterocycles. The van der Waals surface area contributed by atoms with E-state index in [0.29, 0.717) is 6.61 Å². The van der Waals surface area contributed by atoms with Gasteiger partial charge in [0.25, 0.3) is 0 Å². The van der Waals surface area contributed by atoms with Gasteiger partial charge in [0.2, 0.25) is 0 Å². The summed E-state index contributed by atoms with van der Waals surface area (Å²) in [5.41, 5.74) is 0. The molecule has 0 spiro atoms. The van der Waals surface area contributed by atoms with Gasteiger partial charge < -0.3 is 19.7 Å². The normalized spacial score (nSPS) is 8.94. The molecule has 0 fully saturated rings. The summed E-state index contributed by atoms with van der Waals surface area (Å²) >= 11 is 0. The van der Waals surface area contributed by atoms with E-state index in [4.69, 9.17) is 14.9 Å². The second-order valence-corrected chi connectivity index (χ2v) is 3.10. The zero-order valence-corrected chi connectivity index (χ0v) is 10.5. The Balaban J connectivity index is 0. The lowest BCUT2D eigenvalue weighted by molar-refractivity contribution is -0.149. The number of hydrogen-bond acceptors (Lipinski definition) is 6. The van der Waals surface area contributed by atoms with E-state index in [9.17, 15) is 9.59 Å². The molecular weight excluding hydrogens is 228 g/mol. The molecule has 102 valence electrons. The van der Waals surface area contributed by atoms with E-state index in [-0.39, 0.29) is 38.0 Å². The Morgan fingerprint density at radius 3 is 2.00 bits per heavy atom. The summed E-state index contributed by atoms with van der Waals surface area (Å²) in [6.45, 7) is 2.21. The van der Waals surface area contributed by atoms with Crippen LogP contribution >= 0.6 is 0 Å². The molecule has 6 nitrogen and oxygen atoms in total. The molecule has 0 unspecified atom stereocenters. The first-order chi connectivity index (χ1) is 8.12. The number of carbonyl (C=O) groups is 2. The van der Waals surface area contributed by atoms with Gasteiger partial charge in [-0.05, 0) is 6.42 Å². The molecule has 0 saturated heterocycles. The van der Waals surface area contributed by atoms with Crippen molar-refractivity contribution in [1.29, 1.82) is 0 Å². The summed E-state index contributed by atoms with van der Waals surface area (Å²) in [4.78, 5) is 21.5. The summed E-state index contributed by atoms with van der Waals surface area (Å²) < 4.78 is 9.21. The van der Waals surface area contributed by atoms with Crippen molar-refractivity contribution >= 4 is 11.9 Å². The number of hydrogen-bond donors (Lipinski definition) is 2. The zero-order valence-electron chi connectivity index (χ0n) is 10.5. The van der Waals surface area contributed by atoms with Crippen molar-refractivity contribution in [3.05, 3.63) is 0 Å². The molecule has 0 rings (SSSR count). The van der Waals surface area contributed by atoms with Gasteiger partial charge in [-0.25, -0.2) is 0 Å². The first-order valence-electron chi connectivity index (χ1n) is 5.56. The van der Waals surface area contributed by atoms with Gasteiger partial charge in [0.1, 0.15) is 0 Å². The number of aliphatic hydroxyl groups excluding tert-OH is 2. The van der Waals surface area contributed by atoms with E-state index >= 15 is 0 Å². The van der Waals surface area contributed by atoms with E-state index in [1.54, 1.807) is 0 Å². The fourth-order valence-electron chi connectivity index (χ4n) is 0.709. The molecule has 6 heteroatoms. The molecule has 0 aliphatic heterocycles. The fraction of sp³-hybridized carbons (Fsp3) is 0.818. The first kappa shape index (κ1) is 18.2. The Labute approximate surface area is 102 Å². The van der Waals surface area contributed by atoms with Crippen molar-refractivity contribution in [2.75, 3.05) is 26.9 Å². The zero-order chi connectivity index (χ0) is 13.5. The summed E-state index contributed by atoms with van der Waals surface area (Å²) in [5, 5.41) is 15.2. The highest BCUT2D eigenvalue weighted by molar-refractivity contribution is 5.77. The van der Waals surface area contributed by atoms with Crippen LogP contribution in [0.1, 0.15) is 32.6 Å². The number of methoxy groups -OCH3 is 1. The van der Waals surface area contributed by atoms with E-state index in [1.807, 2.05) is 6.92 Å². The van der Waals surface area contributed by atoms with Crippen molar-refractivity contribution in [2.45, 2.75) is 32.6 Å². The second kappa shape index (κ2) is 14.9. The minimum atomic E-state index is -0.382. The van der Waals surface area contributed by atoms with Crippen molar-refractivity contribution < 1.29 is 29.3 Å². The molecule has 0 amide bonds. The number of esters is 2. The Kier molecular flexibility index (Phi) is 15.9. The molecule has 2 N–H and O–H groups in total. The summed E-state index contributed by atoms with van der Waals surface area (Å²) in [6.07, 6.45) is 2.06. The highest BCUT2D eigenvalue weighted by Crippen LogP contribution is 1.96. The van der Waals surface area contributed by atoms with Crippen LogP contribution in [-0.2, 0) is 19.1 Å². The Morgan fingerprint density at radius 1 is 1.06 bits per heavy atom. The Morgan fingerprint density at radius 2 is 1.59 bits per heavy atom. The molecule has 0 aromatic carbocycles. The van der Waals surface area contributed by atoms with Crippen molar-refractivity contribution in [2.24, 2.45) is 0 Å². The van der Waals surface area contributed by atoms with Crippen molar-refractivity contribution in [3.63, 3.8) is 0 Å². The molecule has 0 saturated carbocycles. The molecule has 0 bridgehead atoms. The number of aliphatic hydroxyl groups is 2. The smallest absolute Gasteiger partial charge is 0.306 e. The van der Waals surface area contributed by atoms with Crippen LogP contribution in [0.3, 0.4) is 0 Å². The molecule has 0 aliphatic carbocycles. The van der Waals surface area contributed by atoms with Crippen molar-refractivity contribution in [3.8, 4) is 0 Å². The topological polar surface area (TPSA) is 93.1 Å². The van der Waals surface area contributed by atoms with Gasteiger partial charge >= 0.3 is 11.9 Å². The third-order valence-electron chi connectivity index (χ3n) is 1.62.